The van der Waals surface area contributed by atoms with Crippen LogP contribution in [0.25, 0.3) is 0 Å². The Morgan fingerprint density at radius 1 is 1.27 bits per heavy atom. The van der Waals surface area contributed by atoms with Gasteiger partial charge in [-0.05, 0) is 31.2 Å². The van der Waals surface area contributed by atoms with E-state index < -0.39 is 0 Å². The predicted molar refractivity (Wildman–Crippen MR) is 95.2 cm³/mol. The summed E-state index contributed by atoms with van der Waals surface area (Å²) in [6, 6.07) is 8.65. The summed E-state index contributed by atoms with van der Waals surface area (Å²) in [4.78, 5) is 12.6. The van der Waals surface area contributed by atoms with Crippen LogP contribution >= 0.6 is 11.6 Å². The molecule has 1 amide bonds. The number of hydrogen-bond donors (Lipinski definition) is 1. The highest BCUT2D eigenvalue weighted by Crippen LogP contribution is 2.38. The Bertz CT molecular complexity index is 963. The Morgan fingerprint density at radius 2 is 2.12 bits per heavy atom. The van der Waals surface area contributed by atoms with Crippen LogP contribution < -0.4 is 14.8 Å². The monoisotopic (exact) mass is 373 g/mol. The van der Waals surface area contributed by atoms with E-state index in [9.17, 15) is 4.79 Å². The van der Waals surface area contributed by atoms with Gasteiger partial charge in [0.1, 0.15) is 37.1 Å². The molecule has 0 fully saturated rings. The first-order valence-corrected chi connectivity index (χ1v) is 8.45. The van der Waals surface area contributed by atoms with Crippen molar-refractivity contribution in [2.75, 3.05) is 18.5 Å². The Labute approximate surface area is 154 Å². The average Bonchev–Trinajstić information content (AvgIpc) is 3.24. The molecule has 0 spiro atoms. The smallest absolute Gasteiger partial charge is 0.257 e. The molecule has 0 unspecified atom stereocenters. The van der Waals surface area contributed by atoms with E-state index in [2.05, 4.69) is 10.4 Å². The third kappa shape index (κ3) is 3.25. The van der Waals surface area contributed by atoms with Crippen molar-refractivity contribution in [3.63, 3.8) is 0 Å². The zero-order chi connectivity index (χ0) is 18.1. The number of benzene rings is 1. The van der Waals surface area contributed by atoms with Crippen molar-refractivity contribution in [1.29, 1.82) is 0 Å². The van der Waals surface area contributed by atoms with Crippen LogP contribution in [0.3, 0.4) is 0 Å². The molecule has 0 aliphatic carbocycles. The van der Waals surface area contributed by atoms with Gasteiger partial charge in [-0.1, -0.05) is 11.6 Å². The SMILES string of the molecule is Cc1ccc(Cn2nccc2NC(=O)c2cc(Cl)c3c(c2)OCCO3)o1. The molecule has 0 bridgehead atoms. The number of anilines is 1. The average molecular weight is 374 g/mol. The van der Waals surface area contributed by atoms with E-state index in [1.54, 1.807) is 29.1 Å². The number of nitrogens with zero attached hydrogens (tertiary/aromatic N) is 2. The second kappa shape index (κ2) is 6.76. The lowest BCUT2D eigenvalue weighted by Crippen LogP contribution is -2.19. The van der Waals surface area contributed by atoms with Crippen LogP contribution in [0.15, 0.2) is 40.9 Å². The van der Waals surface area contributed by atoms with Gasteiger partial charge in [-0.15, -0.1) is 0 Å². The lowest BCUT2D eigenvalue weighted by atomic mass is 10.2. The van der Waals surface area contributed by atoms with E-state index in [0.717, 1.165) is 11.5 Å². The van der Waals surface area contributed by atoms with Crippen molar-refractivity contribution < 1.29 is 18.7 Å². The topological polar surface area (TPSA) is 78.5 Å². The summed E-state index contributed by atoms with van der Waals surface area (Å²) < 4.78 is 18.2. The summed E-state index contributed by atoms with van der Waals surface area (Å²) in [5, 5.41) is 7.40. The molecular weight excluding hydrogens is 358 g/mol. The fourth-order valence-electron chi connectivity index (χ4n) is 2.71. The molecule has 3 aromatic rings. The van der Waals surface area contributed by atoms with Crippen LogP contribution in [-0.2, 0) is 6.54 Å². The third-order valence-corrected chi connectivity index (χ3v) is 4.20. The van der Waals surface area contributed by atoms with Gasteiger partial charge in [-0.2, -0.15) is 5.10 Å². The molecule has 0 saturated carbocycles. The highest BCUT2D eigenvalue weighted by Gasteiger charge is 2.20. The summed E-state index contributed by atoms with van der Waals surface area (Å²) in [6.45, 7) is 3.15. The van der Waals surface area contributed by atoms with E-state index >= 15 is 0 Å². The van der Waals surface area contributed by atoms with Gasteiger partial charge < -0.3 is 19.2 Å². The lowest BCUT2D eigenvalue weighted by molar-refractivity contribution is 0.102. The third-order valence-electron chi connectivity index (χ3n) is 3.92. The van der Waals surface area contributed by atoms with Crippen molar-refractivity contribution in [3.05, 3.63) is 58.6 Å². The van der Waals surface area contributed by atoms with Gasteiger partial charge in [0.05, 0.1) is 11.2 Å². The number of halogens is 1. The van der Waals surface area contributed by atoms with Gasteiger partial charge in [0.25, 0.3) is 5.91 Å². The molecule has 2 aromatic heterocycles. The summed E-state index contributed by atoms with van der Waals surface area (Å²) in [7, 11) is 0. The summed E-state index contributed by atoms with van der Waals surface area (Å²) in [6.07, 6.45) is 1.61. The Hall–Kier alpha value is -2.93. The van der Waals surface area contributed by atoms with Crippen LogP contribution in [0.4, 0.5) is 5.82 Å². The van der Waals surface area contributed by atoms with Crippen molar-refractivity contribution in [2.45, 2.75) is 13.5 Å². The minimum absolute atomic E-state index is 0.318. The van der Waals surface area contributed by atoms with Gasteiger partial charge in [0.15, 0.2) is 11.5 Å². The molecule has 1 N–H and O–H groups in total. The van der Waals surface area contributed by atoms with E-state index in [1.165, 1.54) is 0 Å². The Kier molecular flexibility index (Phi) is 4.30. The van der Waals surface area contributed by atoms with E-state index in [1.807, 2.05) is 19.1 Å². The molecule has 134 valence electrons. The molecule has 0 radical (unpaired) electrons. The maximum atomic E-state index is 12.6. The van der Waals surface area contributed by atoms with Gasteiger partial charge in [0, 0.05) is 11.6 Å². The van der Waals surface area contributed by atoms with Gasteiger partial charge in [-0.3, -0.25) is 4.79 Å². The molecule has 4 rings (SSSR count). The number of aryl methyl sites for hydroxylation is 1. The zero-order valence-corrected chi connectivity index (χ0v) is 14.7. The number of rotatable bonds is 4. The van der Waals surface area contributed by atoms with E-state index in [-0.39, 0.29) is 5.91 Å². The molecule has 26 heavy (non-hydrogen) atoms. The number of nitrogens with one attached hydrogen (secondary N) is 1. The van der Waals surface area contributed by atoms with Crippen molar-refractivity contribution in [1.82, 2.24) is 9.78 Å². The lowest BCUT2D eigenvalue weighted by Gasteiger charge is -2.20. The number of amides is 1. The van der Waals surface area contributed by atoms with Gasteiger partial charge in [-0.25, -0.2) is 4.68 Å². The predicted octanol–water partition coefficient (Wildman–Crippen LogP) is 3.51. The maximum absolute atomic E-state index is 12.6. The summed E-state index contributed by atoms with van der Waals surface area (Å²) >= 11 is 6.20. The highest BCUT2D eigenvalue weighted by atomic mass is 35.5. The van der Waals surface area contributed by atoms with E-state index in [4.69, 9.17) is 25.5 Å². The number of hydrogen-bond acceptors (Lipinski definition) is 5. The van der Waals surface area contributed by atoms with Crippen molar-refractivity contribution >= 4 is 23.3 Å². The number of fused-ring (bicyclic) bond motifs is 1. The normalized spacial score (nSPS) is 12.8. The van der Waals surface area contributed by atoms with Gasteiger partial charge in [0.2, 0.25) is 0 Å². The van der Waals surface area contributed by atoms with Gasteiger partial charge >= 0.3 is 0 Å². The van der Waals surface area contributed by atoms with E-state index in [0.29, 0.717) is 47.7 Å². The first-order valence-electron chi connectivity index (χ1n) is 8.08. The molecule has 1 aliphatic heterocycles. The van der Waals surface area contributed by atoms with Crippen molar-refractivity contribution in [3.8, 4) is 11.5 Å². The fraction of sp³-hybridized carbons (Fsp3) is 0.222. The number of furan rings is 1. The number of aromatic nitrogens is 2. The van der Waals surface area contributed by atoms with Crippen LogP contribution in [0.1, 0.15) is 21.9 Å². The first-order chi connectivity index (χ1) is 12.6. The maximum Gasteiger partial charge on any atom is 0.257 e. The number of carbonyl (C=O) groups excluding carboxylic acids is 1. The van der Waals surface area contributed by atoms with Crippen LogP contribution in [0.5, 0.6) is 11.5 Å². The standard InChI is InChI=1S/C18H16ClN3O4/c1-11-2-3-13(26-11)10-22-16(4-5-20-22)21-18(23)12-8-14(19)17-15(9-12)24-6-7-25-17/h2-5,8-9H,6-7,10H2,1H3,(H,21,23). The molecule has 7 nitrogen and oxygen atoms in total. The Morgan fingerprint density at radius 3 is 2.92 bits per heavy atom. The summed E-state index contributed by atoms with van der Waals surface area (Å²) in [5.74, 6) is 2.74. The minimum Gasteiger partial charge on any atom is -0.486 e. The molecule has 3 heterocycles. The molecule has 1 aromatic carbocycles. The zero-order valence-electron chi connectivity index (χ0n) is 14.0. The minimum atomic E-state index is -0.318. The van der Waals surface area contributed by atoms with Crippen LogP contribution in [-0.4, -0.2) is 28.9 Å². The second-order valence-electron chi connectivity index (χ2n) is 5.82. The quantitative estimate of drug-likeness (QED) is 0.757. The fourth-order valence-corrected chi connectivity index (χ4v) is 2.98. The van der Waals surface area contributed by atoms with Crippen LogP contribution in [0, 0.1) is 6.92 Å². The Balaban J connectivity index is 1.54. The molecule has 8 heteroatoms. The second-order valence-corrected chi connectivity index (χ2v) is 6.23. The number of ether oxygens (including phenoxy) is 2. The molecular formula is C18H16ClN3O4. The molecule has 1 aliphatic rings. The highest BCUT2D eigenvalue weighted by molar-refractivity contribution is 6.32. The molecule has 0 atom stereocenters. The first kappa shape index (κ1) is 16.5. The van der Waals surface area contributed by atoms with Crippen LogP contribution in [0.2, 0.25) is 5.02 Å². The summed E-state index contributed by atoms with van der Waals surface area (Å²) in [5.41, 5.74) is 0.376. The number of carbonyl (C=O) groups is 1. The molecule has 0 saturated heterocycles. The van der Waals surface area contributed by atoms with Crippen molar-refractivity contribution in [2.24, 2.45) is 0 Å². The largest absolute Gasteiger partial charge is 0.486 e.